The summed E-state index contributed by atoms with van der Waals surface area (Å²) in [6.07, 6.45) is 0. The van der Waals surface area contributed by atoms with Gasteiger partial charge in [-0.25, -0.2) is 0 Å². The van der Waals surface area contributed by atoms with E-state index in [1.54, 1.807) is 0 Å². The van der Waals surface area contributed by atoms with E-state index in [-0.39, 0.29) is 50.3 Å². The molecule has 0 aliphatic rings. The first-order valence-electron chi connectivity index (χ1n) is 3.69. The summed E-state index contributed by atoms with van der Waals surface area (Å²) >= 11 is 0. The van der Waals surface area contributed by atoms with E-state index in [4.69, 9.17) is 0 Å². The molecule has 11 heavy (non-hydrogen) atoms. The molecule has 0 amide bonds. The minimum atomic E-state index is -0.617. The number of hydrogen-bond donors (Lipinski definition) is 0. The van der Waals surface area contributed by atoms with Gasteiger partial charge in [0.05, 0.1) is 0 Å². The summed E-state index contributed by atoms with van der Waals surface area (Å²) in [4.78, 5) is 0. The zero-order chi connectivity index (χ0) is 7.65. The average molecular weight is 282 g/mol. The third-order valence-electron chi connectivity index (χ3n) is 2.73. The molecule has 0 fully saturated rings. The topological polar surface area (TPSA) is 0 Å². The van der Waals surface area contributed by atoms with Gasteiger partial charge in [-0.2, -0.15) is 0 Å². The van der Waals surface area contributed by atoms with E-state index in [0.717, 1.165) is 0 Å². The smallest absolute Gasteiger partial charge is 0.0306 e. The molecular formula is C7H22Si3Zr-. The van der Waals surface area contributed by atoms with Crippen molar-refractivity contribution in [2.45, 2.75) is 39.3 Å². The standard InChI is InChI=1S/C6H19Si3.CH3.Zr/c1-7(2)9(5,6)8(3)4;;/h7H,1-6H3;1H3;/q;-1;. The Labute approximate surface area is 96.1 Å². The van der Waals surface area contributed by atoms with Gasteiger partial charge in [0, 0.05) is 49.9 Å². The van der Waals surface area contributed by atoms with Crippen LogP contribution in [0.4, 0.5) is 0 Å². The largest absolute Gasteiger partial charge is 0.358 e. The molecule has 0 N–H and O–H groups in total. The van der Waals surface area contributed by atoms with Crippen LogP contribution in [0, 0.1) is 7.43 Å². The molecule has 0 aliphatic heterocycles. The molecule has 0 heterocycles. The number of hydrogen-bond acceptors (Lipinski definition) is 0. The van der Waals surface area contributed by atoms with Gasteiger partial charge in [-0.15, -0.1) is 0 Å². The van der Waals surface area contributed by atoms with Crippen LogP contribution in [0.3, 0.4) is 0 Å². The minimum Gasteiger partial charge on any atom is -0.358 e. The maximum atomic E-state index is 2.58. The van der Waals surface area contributed by atoms with Crippen LogP contribution in [-0.4, -0.2) is 23.7 Å². The van der Waals surface area contributed by atoms with E-state index in [1.807, 2.05) is 0 Å². The molecule has 0 spiro atoms. The molecule has 0 atom stereocenters. The molecule has 0 aliphatic carbocycles. The summed E-state index contributed by atoms with van der Waals surface area (Å²) < 4.78 is 0. The molecule has 0 aromatic carbocycles. The fourth-order valence-corrected chi connectivity index (χ4v) is 15.6. The Morgan fingerprint density at radius 1 is 1.09 bits per heavy atom. The first-order valence-corrected chi connectivity index (χ1v) is 14.3. The maximum absolute atomic E-state index is 2.58. The molecule has 67 valence electrons. The molecule has 4 heteroatoms. The Bertz CT molecular complexity index is 81.7. The van der Waals surface area contributed by atoms with Gasteiger partial charge >= 0.3 is 0 Å². The molecule has 0 bridgehead atoms. The molecule has 1 radical (unpaired) electrons. The zero-order valence-corrected chi connectivity index (χ0v) is 14.7. The van der Waals surface area contributed by atoms with Crippen LogP contribution in [0.1, 0.15) is 0 Å². The Morgan fingerprint density at radius 3 is 1.36 bits per heavy atom. The first-order chi connectivity index (χ1) is 3.89. The van der Waals surface area contributed by atoms with Crippen LogP contribution < -0.4 is 0 Å². The van der Waals surface area contributed by atoms with Gasteiger partial charge in [0.1, 0.15) is 0 Å². The monoisotopic (exact) mass is 280 g/mol. The Morgan fingerprint density at radius 2 is 1.36 bits per heavy atom. The van der Waals surface area contributed by atoms with E-state index in [0.29, 0.717) is 0 Å². The van der Waals surface area contributed by atoms with E-state index in [1.165, 1.54) is 0 Å². The molecule has 0 nitrogen and oxygen atoms in total. The third-order valence-corrected chi connectivity index (χ3v) is 35.0. The molecule has 0 aromatic heterocycles. The fourth-order valence-electron chi connectivity index (χ4n) is 0.577. The second kappa shape index (κ2) is 6.99. The summed E-state index contributed by atoms with van der Waals surface area (Å²) in [5, 5.41) is 0. The first kappa shape index (κ1) is 18.3. The van der Waals surface area contributed by atoms with Crippen molar-refractivity contribution in [3.63, 3.8) is 0 Å². The van der Waals surface area contributed by atoms with E-state index < -0.39 is 7.11 Å². The van der Waals surface area contributed by atoms with Crippen molar-refractivity contribution in [1.82, 2.24) is 0 Å². The van der Waals surface area contributed by atoms with Crippen LogP contribution in [0.2, 0.25) is 39.3 Å². The van der Waals surface area contributed by atoms with Crippen molar-refractivity contribution in [2.24, 2.45) is 0 Å². The zero-order valence-electron chi connectivity index (χ0n) is 9.08. The second-order valence-corrected chi connectivity index (χ2v) is 28.0. The van der Waals surface area contributed by atoms with Crippen LogP contribution in [-0.2, 0) is 26.2 Å². The van der Waals surface area contributed by atoms with Crippen LogP contribution >= 0.6 is 0 Å². The van der Waals surface area contributed by atoms with Gasteiger partial charge in [0.25, 0.3) is 0 Å². The number of rotatable bonds is 2. The molecule has 0 rings (SSSR count). The van der Waals surface area contributed by atoms with Crippen molar-refractivity contribution in [2.75, 3.05) is 0 Å². The Balaban J connectivity index is -0.000000320. The Kier molecular flexibility index (Phi) is 11.7. The van der Waals surface area contributed by atoms with Crippen molar-refractivity contribution in [3.8, 4) is 0 Å². The fraction of sp³-hybridized carbons (Fsp3) is 0.857. The molecular weight excluding hydrogens is 260 g/mol. The minimum absolute atomic E-state index is 0. The quantitative estimate of drug-likeness (QED) is 0.539. The predicted molar refractivity (Wildman–Crippen MR) is 60.3 cm³/mol. The van der Waals surface area contributed by atoms with Crippen molar-refractivity contribution in [3.05, 3.63) is 7.43 Å². The second-order valence-electron chi connectivity index (χ2n) is 3.88. The summed E-state index contributed by atoms with van der Waals surface area (Å²) in [7, 11) is -0.780. The predicted octanol–water partition coefficient (Wildman–Crippen LogP) is 2.54. The summed E-state index contributed by atoms with van der Waals surface area (Å²) in [5.41, 5.74) is 0. The Hall–Kier alpha value is 1.53. The average Bonchev–Trinajstić information content (AvgIpc) is 1.65. The van der Waals surface area contributed by atoms with Gasteiger partial charge in [0.2, 0.25) is 0 Å². The van der Waals surface area contributed by atoms with Crippen LogP contribution in [0.25, 0.3) is 0 Å². The van der Waals surface area contributed by atoms with E-state index >= 15 is 0 Å². The van der Waals surface area contributed by atoms with Gasteiger partial charge in [-0.1, -0.05) is 39.3 Å². The summed E-state index contributed by atoms with van der Waals surface area (Å²) in [6.45, 7) is 15.2. The normalized spacial score (nSPS) is 10.9. The van der Waals surface area contributed by atoms with Crippen molar-refractivity contribution >= 4 is 23.7 Å². The van der Waals surface area contributed by atoms with E-state index in [9.17, 15) is 0 Å². The van der Waals surface area contributed by atoms with Gasteiger partial charge < -0.3 is 7.43 Å². The van der Waals surface area contributed by atoms with Gasteiger partial charge in [0.15, 0.2) is 0 Å². The summed E-state index contributed by atoms with van der Waals surface area (Å²) in [6, 6.07) is 0. The van der Waals surface area contributed by atoms with Crippen molar-refractivity contribution < 1.29 is 26.2 Å². The molecule has 0 saturated heterocycles. The van der Waals surface area contributed by atoms with Crippen LogP contribution in [0.5, 0.6) is 0 Å². The van der Waals surface area contributed by atoms with E-state index in [2.05, 4.69) is 39.3 Å². The van der Waals surface area contributed by atoms with Crippen LogP contribution in [0.15, 0.2) is 0 Å². The molecule has 0 saturated carbocycles. The van der Waals surface area contributed by atoms with Gasteiger partial charge in [-0.05, 0) is 0 Å². The molecule has 0 unspecified atom stereocenters. The molecule has 0 aromatic rings. The third kappa shape index (κ3) is 5.72. The SMILES string of the molecule is C[Si](C)[Si](C)(C)[SiH](C)C.[CH3-].[Zr]. The van der Waals surface area contributed by atoms with Gasteiger partial charge in [-0.3, -0.25) is 0 Å². The maximum Gasteiger partial charge on any atom is 0.0306 e. The summed E-state index contributed by atoms with van der Waals surface area (Å²) in [5.74, 6) is 0. The van der Waals surface area contributed by atoms with Crippen molar-refractivity contribution in [1.29, 1.82) is 0 Å².